The maximum absolute atomic E-state index is 15.0. The number of fused-ring (bicyclic) bond motifs is 2. The summed E-state index contributed by atoms with van der Waals surface area (Å²) < 4.78 is 41.6. The second kappa shape index (κ2) is 30.2. The van der Waals surface area contributed by atoms with E-state index in [-0.39, 0.29) is 68.1 Å². The molecule has 6 rings (SSSR count). The highest BCUT2D eigenvalue weighted by atomic mass is 32.2. The van der Waals surface area contributed by atoms with Crippen LogP contribution in [0.25, 0.3) is 10.9 Å². The van der Waals surface area contributed by atoms with Crippen molar-refractivity contribution < 1.29 is 101 Å². The van der Waals surface area contributed by atoms with Crippen LogP contribution < -0.4 is 31.4 Å². The van der Waals surface area contributed by atoms with Gasteiger partial charge >= 0.3 is 0 Å². The minimum Gasteiger partial charge on any atom is -0.394 e. The third-order valence-corrected chi connectivity index (χ3v) is 19.4. The van der Waals surface area contributed by atoms with Crippen LogP contribution in [-0.4, -0.2) is 242 Å². The highest BCUT2D eigenvalue weighted by Crippen LogP contribution is 2.37. The van der Waals surface area contributed by atoms with Crippen LogP contribution in [0.5, 0.6) is 0 Å². The molecule has 33 heteroatoms. The van der Waals surface area contributed by atoms with Crippen LogP contribution in [-0.2, 0) is 84.8 Å². The van der Waals surface area contributed by atoms with Crippen molar-refractivity contribution in [1.82, 2.24) is 51.1 Å². The maximum atomic E-state index is 15.0. The molecule has 4 unspecified atom stereocenters. The lowest BCUT2D eigenvalue weighted by molar-refractivity contribution is -0.144. The number of rotatable bonds is 23. The molecule has 1 aromatic carbocycles. The fourth-order valence-corrected chi connectivity index (χ4v) is 13.8. The van der Waals surface area contributed by atoms with E-state index in [1.807, 2.05) is 0 Å². The molecule has 2 aromatic rings. The van der Waals surface area contributed by atoms with Crippen molar-refractivity contribution in [2.75, 3.05) is 58.4 Å². The number of amides is 9. The third-order valence-electron chi connectivity index (χ3n) is 15.9. The fraction of sp³-hybridized carbons (Fsp3) is 0.579. The second-order valence-electron chi connectivity index (χ2n) is 23.8. The number of ketones is 3. The topological polar surface area (TPSA) is 475 Å². The number of aliphatic hydroxyl groups is 6. The lowest BCUT2D eigenvalue weighted by atomic mass is 9.86. The van der Waals surface area contributed by atoms with Crippen LogP contribution in [0.1, 0.15) is 77.8 Å². The molecule has 2 fully saturated rings. The quantitative estimate of drug-likeness (QED) is 0.0368. The molecule has 0 spiro atoms. The summed E-state index contributed by atoms with van der Waals surface area (Å²) in [7, 11) is -7.93. The highest BCUT2D eigenvalue weighted by molar-refractivity contribution is 7.90. The van der Waals surface area contributed by atoms with Gasteiger partial charge in [0.25, 0.3) is 23.6 Å². The predicted octanol–water partition coefficient (Wildman–Crippen LogP) is -4.55. The van der Waals surface area contributed by atoms with Gasteiger partial charge in [-0.25, -0.2) is 8.42 Å². The van der Waals surface area contributed by atoms with Crippen LogP contribution in [0.15, 0.2) is 47.5 Å². The van der Waals surface area contributed by atoms with Crippen molar-refractivity contribution in [3.05, 3.63) is 53.6 Å². The summed E-state index contributed by atoms with van der Waals surface area (Å²) in [5.74, 6) is -14.2. The molecule has 0 saturated carbocycles. The number of hydrogen-bond donors (Lipinski definition) is 13. The average molecular weight is 1300 g/mol. The maximum Gasteiger partial charge on any atom is 0.253 e. The number of aliphatic hydroxyl groups excluding tert-OH is 5. The molecule has 5 heterocycles. The van der Waals surface area contributed by atoms with Crippen LogP contribution in [0, 0.1) is 17.8 Å². The molecule has 13 N–H and O–H groups in total. The van der Waals surface area contributed by atoms with Crippen molar-refractivity contribution in [3.8, 4) is 0 Å². The standard InChI is InChI=1S/C57H79N10O21PS/c1-29(2)47-53(82)64-48(31(4)70)54(83)61-39(27-68)56(84)67-26-42(74)50(79)49(67)41(73)20-30(3)40(72)24-33(51(80)60-38(52(81)63-47)25-57(5,85)28-69)23-36-35-22-32(9-10-37(35)62-55(36)90(6,87)88)21-34(71)8-7-19-89(86,58-15-17-65-43(75)11-12-44(65)76)59-16-18-66-45(77)13-14-46(66)78/h9-14,22,29-31,33,38-39,42,47-50,62,68-70,74,79,85H,7-8,15-21,23-28H2,1-6H3,(H,60,80)(H,61,83)(H,63,81)(H,64,82)(H2,58,59,86)/t30-,31+,33-,38+,39?,42+,47?,48-,49-,50?,57?/m1/s1. The number of Topliss-reactive ketones (excluding diaryl/α,β-unsaturated/α-hetero) is 3. The van der Waals surface area contributed by atoms with Crippen molar-refractivity contribution >= 4 is 98.7 Å². The van der Waals surface area contributed by atoms with E-state index in [2.05, 4.69) is 36.4 Å². The minimum absolute atomic E-state index is 0.00311. The smallest absolute Gasteiger partial charge is 0.253 e. The molecule has 31 nitrogen and oxygen atoms in total. The number of hydrogen-bond acceptors (Lipinski definition) is 21. The molecule has 494 valence electrons. The first-order valence-corrected chi connectivity index (χ1v) is 32.9. The molecule has 11 atom stereocenters. The average Bonchev–Trinajstić information content (AvgIpc) is 1.74. The molecule has 4 aliphatic heterocycles. The molecular weight excluding hydrogens is 1220 g/mol. The monoisotopic (exact) mass is 1300 g/mol. The Morgan fingerprint density at radius 3 is 1.87 bits per heavy atom. The summed E-state index contributed by atoms with van der Waals surface area (Å²) in [4.78, 5) is 168. The SMILES string of the molecule is CC(C)C1NC(=O)[C@H](CC(C)(O)CO)NC(=O)[C@H](Cc2c(S(C)(=O)=O)[nH]c3ccc(CC(=O)CCCP(=O)(NCCN4C(=O)C=CC4=O)NCCN4C(=O)C=CC4=O)cc23)CC(=O)[C@H](C)CC(=O)[C@@H]2C(O)[C@@H](O)CN2C(=O)C(CO)NC(=O)[C@@H]([C@H](C)O)NC1=O. The zero-order valence-corrected chi connectivity index (χ0v) is 52.2. The Morgan fingerprint density at radius 2 is 1.33 bits per heavy atom. The van der Waals surface area contributed by atoms with Gasteiger partial charge in [-0.3, -0.25) is 82.1 Å². The number of H-pyrrole nitrogens is 1. The Labute approximate surface area is 517 Å². The minimum atomic E-state index is -4.27. The van der Waals surface area contributed by atoms with E-state index in [0.717, 1.165) is 54.2 Å². The van der Waals surface area contributed by atoms with E-state index < -0.39 is 210 Å². The number of nitrogens with one attached hydrogen (secondary N) is 7. The Balaban J connectivity index is 1.33. The normalized spacial score (nSPS) is 25.8. The van der Waals surface area contributed by atoms with Gasteiger partial charge in [-0.15, -0.1) is 0 Å². The highest BCUT2D eigenvalue weighted by Gasteiger charge is 2.49. The first-order valence-electron chi connectivity index (χ1n) is 29.2. The van der Waals surface area contributed by atoms with Crippen molar-refractivity contribution in [2.45, 2.75) is 139 Å². The molecule has 0 radical (unpaired) electrons. The number of nitrogens with zero attached hydrogens (tertiary/aromatic N) is 3. The van der Waals surface area contributed by atoms with Gasteiger partial charge < -0.3 is 61.8 Å². The van der Waals surface area contributed by atoms with Crippen LogP contribution in [0.4, 0.5) is 0 Å². The van der Waals surface area contributed by atoms with Gasteiger partial charge in [0.15, 0.2) is 15.6 Å². The van der Waals surface area contributed by atoms with Crippen LogP contribution in [0.2, 0.25) is 0 Å². The fourth-order valence-electron chi connectivity index (χ4n) is 10.9. The van der Waals surface area contributed by atoms with Gasteiger partial charge in [-0.05, 0) is 55.9 Å². The van der Waals surface area contributed by atoms with E-state index >= 15 is 4.79 Å². The molecule has 4 aliphatic rings. The number of sulfone groups is 1. The largest absolute Gasteiger partial charge is 0.394 e. The zero-order valence-electron chi connectivity index (χ0n) is 50.5. The zero-order chi connectivity index (χ0) is 66.9. The van der Waals surface area contributed by atoms with Gasteiger partial charge in [-0.1, -0.05) is 26.8 Å². The van der Waals surface area contributed by atoms with E-state index in [4.69, 9.17) is 0 Å². The molecule has 90 heavy (non-hydrogen) atoms. The Hall–Kier alpha value is -7.26. The third kappa shape index (κ3) is 18.0. The van der Waals surface area contributed by atoms with E-state index in [1.54, 1.807) is 0 Å². The van der Waals surface area contributed by atoms with E-state index in [9.17, 15) is 96.4 Å². The Bertz CT molecular complexity index is 3300. The van der Waals surface area contributed by atoms with E-state index in [1.165, 1.54) is 39.0 Å². The van der Waals surface area contributed by atoms with Crippen LogP contribution >= 0.6 is 7.44 Å². The number of aromatic nitrogens is 1. The molecule has 0 bridgehead atoms. The number of imide groups is 2. The van der Waals surface area contributed by atoms with Gasteiger partial charge in [0.05, 0.1) is 37.6 Å². The Kier molecular flexibility index (Phi) is 24.1. The predicted molar refractivity (Wildman–Crippen MR) is 316 cm³/mol. The van der Waals surface area contributed by atoms with Gasteiger partial charge in [0, 0.05) is 118 Å². The summed E-state index contributed by atoms with van der Waals surface area (Å²) in [6.45, 7) is 3.03. The summed E-state index contributed by atoms with van der Waals surface area (Å²) in [5, 5.41) is 79.1. The van der Waals surface area contributed by atoms with Crippen molar-refractivity contribution in [3.63, 3.8) is 0 Å². The number of aromatic amines is 1. The Morgan fingerprint density at radius 1 is 0.778 bits per heavy atom. The molecule has 1 aromatic heterocycles. The molecule has 0 aliphatic carbocycles. The van der Waals surface area contributed by atoms with Crippen molar-refractivity contribution in [1.29, 1.82) is 0 Å². The summed E-state index contributed by atoms with van der Waals surface area (Å²) in [6, 6.07) is -4.69. The number of benzene rings is 1. The number of carbonyl (C=O) groups excluding carboxylic acids is 12. The first-order chi connectivity index (χ1) is 42.1. The van der Waals surface area contributed by atoms with Crippen molar-refractivity contribution in [2.24, 2.45) is 17.8 Å². The second-order valence-corrected chi connectivity index (χ2v) is 28.3. The number of carbonyl (C=O) groups is 12. The first kappa shape index (κ1) is 71.8. The van der Waals surface area contributed by atoms with E-state index in [0.29, 0.717) is 10.5 Å². The summed E-state index contributed by atoms with van der Waals surface area (Å²) in [5.41, 5.74) is -1.72. The van der Waals surface area contributed by atoms with Crippen LogP contribution in [0.3, 0.4) is 0 Å². The lowest BCUT2D eigenvalue weighted by Crippen LogP contribution is -2.62. The summed E-state index contributed by atoms with van der Waals surface area (Å²) in [6.07, 6.45) is -3.84. The van der Waals surface area contributed by atoms with Gasteiger partial charge in [0.1, 0.15) is 52.9 Å². The van der Waals surface area contributed by atoms with Gasteiger partial charge in [-0.2, -0.15) is 0 Å². The molecule has 2 saturated heterocycles. The molecule has 9 amide bonds. The van der Waals surface area contributed by atoms with Gasteiger partial charge in [0.2, 0.25) is 37.0 Å². The lowest BCUT2D eigenvalue weighted by Gasteiger charge is -2.31. The molecular formula is C57H79N10O21PS. The summed E-state index contributed by atoms with van der Waals surface area (Å²) >= 11 is 0.